The highest BCUT2D eigenvalue weighted by atomic mass is 16.5. The van der Waals surface area contributed by atoms with Gasteiger partial charge in [-0.1, -0.05) is 13.0 Å². The number of aliphatic hydroxyl groups excluding tert-OH is 1. The van der Waals surface area contributed by atoms with E-state index in [4.69, 9.17) is 4.74 Å². The third-order valence-corrected chi connectivity index (χ3v) is 4.28. The molecule has 19 heavy (non-hydrogen) atoms. The molecule has 0 bridgehead atoms. The predicted molar refractivity (Wildman–Crippen MR) is 70.9 cm³/mol. The molecule has 1 heterocycles. The molecule has 2 N–H and O–H groups in total. The SMILES string of the molecule is C[C@H]1C(=O)NC[C@@H]1COc1ccc2c(c1)CCC2O. The maximum atomic E-state index is 11.4. The third-order valence-electron chi connectivity index (χ3n) is 4.28. The zero-order chi connectivity index (χ0) is 13.4. The molecule has 0 aromatic heterocycles. The summed E-state index contributed by atoms with van der Waals surface area (Å²) in [5, 5.41) is 12.6. The van der Waals surface area contributed by atoms with Gasteiger partial charge in [0, 0.05) is 18.4 Å². The Kier molecular flexibility index (Phi) is 3.19. The number of aryl methyl sites for hydroxylation is 1. The van der Waals surface area contributed by atoms with Crippen LogP contribution in [0.1, 0.15) is 30.6 Å². The van der Waals surface area contributed by atoms with Crippen molar-refractivity contribution < 1.29 is 14.6 Å². The van der Waals surface area contributed by atoms with Crippen LogP contribution in [-0.2, 0) is 11.2 Å². The summed E-state index contributed by atoms with van der Waals surface area (Å²) >= 11 is 0. The summed E-state index contributed by atoms with van der Waals surface area (Å²) in [5.41, 5.74) is 2.21. The first-order valence-electron chi connectivity index (χ1n) is 6.86. The lowest BCUT2D eigenvalue weighted by Gasteiger charge is -2.14. The minimum Gasteiger partial charge on any atom is -0.493 e. The maximum absolute atomic E-state index is 11.4. The van der Waals surface area contributed by atoms with Gasteiger partial charge >= 0.3 is 0 Å². The highest BCUT2D eigenvalue weighted by molar-refractivity contribution is 5.80. The monoisotopic (exact) mass is 261 g/mol. The molecule has 1 fully saturated rings. The van der Waals surface area contributed by atoms with Crippen LogP contribution in [0.25, 0.3) is 0 Å². The Hall–Kier alpha value is -1.55. The fourth-order valence-electron chi connectivity index (χ4n) is 2.85. The summed E-state index contributed by atoms with van der Waals surface area (Å²) in [6, 6.07) is 5.87. The number of fused-ring (bicyclic) bond motifs is 1. The van der Waals surface area contributed by atoms with Crippen LogP contribution in [0.5, 0.6) is 5.75 Å². The van der Waals surface area contributed by atoms with Gasteiger partial charge in [-0.3, -0.25) is 4.79 Å². The van der Waals surface area contributed by atoms with Crippen molar-refractivity contribution in [2.24, 2.45) is 11.8 Å². The van der Waals surface area contributed by atoms with Gasteiger partial charge in [0.05, 0.1) is 12.7 Å². The van der Waals surface area contributed by atoms with E-state index in [1.165, 1.54) is 5.56 Å². The molecule has 0 spiro atoms. The second-order valence-electron chi connectivity index (χ2n) is 5.52. The molecular weight excluding hydrogens is 242 g/mol. The van der Waals surface area contributed by atoms with Gasteiger partial charge in [-0.05, 0) is 36.1 Å². The van der Waals surface area contributed by atoms with E-state index < -0.39 is 0 Å². The summed E-state index contributed by atoms with van der Waals surface area (Å²) in [7, 11) is 0. The van der Waals surface area contributed by atoms with Gasteiger partial charge in [0.25, 0.3) is 0 Å². The van der Waals surface area contributed by atoms with E-state index in [9.17, 15) is 9.90 Å². The second-order valence-corrected chi connectivity index (χ2v) is 5.52. The van der Waals surface area contributed by atoms with E-state index in [0.717, 1.165) is 24.2 Å². The summed E-state index contributed by atoms with van der Waals surface area (Å²) in [6.45, 7) is 3.19. The van der Waals surface area contributed by atoms with Crippen LogP contribution in [0.3, 0.4) is 0 Å². The highest BCUT2D eigenvalue weighted by Gasteiger charge is 2.31. The van der Waals surface area contributed by atoms with Crippen molar-refractivity contribution in [1.82, 2.24) is 5.32 Å². The highest BCUT2D eigenvalue weighted by Crippen LogP contribution is 2.33. The second kappa shape index (κ2) is 4.85. The van der Waals surface area contributed by atoms with Crippen LogP contribution in [0, 0.1) is 11.8 Å². The number of hydrogen-bond acceptors (Lipinski definition) is 3. The van der Waals surface area contributed by atoms with Crippen molar-refractivity contribution in [3.05, 3.63) is 29.3 Å². The zero-order valence-electron chi connectivity index (χ0n) is 11.1. The molecule has 0 saturated carbocycles. The topological polar surface area (TPSA) is 58.6 Å². The van der Waals surface area contributed by atoms with Crippen molar-refractivity contribution in [1.29, 1.82) is 0 Å². The average molecular weight is 261 g/mol. The number of aliphatic hydroxyl groups is 1. The maximum Gasteiger partial charge on any atom is 0.223 e. The number of nitrogens with one attached hydrogen (secondary N) is 1. The predicted octanol–water partition coefficient (Wildman–Crippen LogP) is 1.43. The van der Waals surface area contributed by atoms with Gasteiger partial charge in [-0.2, -0.15) is 0 Å². The molecule has 1 aliphatic heterocycles. The van der Waals surface area contributed by atoms with Crippen LogP contribution in [0.4, 0.5) is 0 Å². The van der Waals surface area contributed by atoms with Crippen molar-refractivity contribution >= 4 is 5.91 Å². The average Bonchev–Trinajstić information content (AvgIpc) is 2.93. The molecule has 1 saturated heterocycles. The molecule has 4 nitrogen and oxygen atoms in total. The Bertz CT molecular complexity index is 500. The molecule has 1 aromatic carbocycles. The summed E-state index contributed by atoms with van der Waals surface area (Å²) in [5.74, 6) is 1.22. The van der Waals surface area contributed by atoms with E-state index in [2.05, 4.69) is 5.32 Å². The van der Waals surface area contributed by atoms with Crippen molar-refractivity contribution in [2.45, 2.75) is 25.9 Å². The molecular formula is C15H19NO3. The van der Waals surface area contributed by atoms with Crippen LogP contribution in [0.15, 0.2) is 18.2 Å². The van der Waals surface area contributed by atoms with E-state index in [0.29, 0.717) is 13.2 Å². The van der Waals surface area contributed by atoms with Gasteiger partial charge in [0.1, 0.15) is 5.75 Å². The van der Waals surface area contributed by atoms with Crippen molar-refractivity contribution in [2.75, 3.05) is 13.2 Å². The van der Waals surface area contributed by atoms with Gasteiger partial charge in [0.15, 0.2) is 0 Å². The number of rotatable bonds is 3. The molecule has 3 rings (SSSR count). The van der Waals surface area contributed by atoms with Crippen LogP contribution < -0.4 is 10.1 Å². The number of carbonyl (C=O) groups is 1. The Labute approximate surface area is 112 Å². The van der Waals surface area contributed by atoms with Gasteiger partial charge < -0.3 is 15.2 Å². The molecule has 1 amide bonds. The number of hydrogen-bond donors (Lipinski definition) is 2. The molecule has 102 valence electrons. The molecule has 1 unspecified atom stereocenters. The van der Waals surface area contributed by atoms with Gasteiger partial charge in [0.2, 0.25) is 5.91 Å². The smallest absolute Gasteiger partial charge is 0.223 e. The van der Waals surface area contributed by atoms with Gasteiger partial charge in [-0.25, -0.2) is 0 Å². The first-order chi connectivity index (χ1) is 9.15. The Morgan fingerprint density at radius 1 is 1.47 bits per heavy atom. The Balaban J connectivity index is 1.63. The standard InChI is InChI=1S/C15H19NO3/c1-9-11(7-16-15(9)18)8-19-12-3-4-13-10(6-12)2-5-14(13)17/h3-4,6,9,11,14,17H,2,5,7-8H2,1H3,(H,16,18)/t9-,11-,14?/m1/s1. The summed E-state index contributed by atoms with van der Waals surface area (Å²) in [6.07, 6.45) is 1.39. The molecule has 4 heteroatoms. The van der Waals surface area contributed by atoms with Crippen LogP contribution >= 0.6 is 0 Å². The normalized spacial score (nSPS) is 29.2. The summed E-state index contributed by atoms with van der Waals surface area (Å²) < 4.78 is 5.80. The molecule has 2 aliphatic rings. The fraction of sp³-hybridized carbons (Fsp3) is 0.533. The lowest BCUT2D eigenvalue weighted by molar-refractivity contribution is -0.122. The minimum absolute atomic E-state index is 0.0243. The van der Waals surface area contributed by atoms with Gasteiger partial charge in [-0.15, -0.1) is 0 Å². The zero-order valence-corrected chi connectivity index (χ0v) is 11.1. The Morgan fingerprint density at radius 3 is 3.05 bits per heavy atom. The van der Waals surface area contributed by atoms with E-state index in [1.54, 1.807) is 0 Å². The molecule has 1 aromatic rings. The summed E-state index contributed by atoms with van der Waals surface area (Å²) in [4.78, 5) is 11.4. The first kappa shape index (κ1) is 12.5. The number of benzene rings is 1. The molecule has 3 atom stereocenters. The van der Waals surface area contributed by atoms with E-state index in [-0.39, 0.29) is 23.8 Å². The van der Waals surface area contributed by atoms with Crippen LogP contribution in [-0.4, -0.2) is 24.2 Å². The lowest BCUT2D eigenvalue weighted by atomic mass is 9.99. The first-order valence-corrected chi connectivity index (χ1v) is 6.86. The van der Waals surface area contributed by atoms with Crippen molar-refractivity contribution in [3.63, 3.8) is 0 Å². The lowest BCUT2D eigenvalue weighted by Crippen LogP contribution is -2.19. The molecule has 0 radical (unpaired) electrons. The number of ether oxygens (including phenoxy) is 1. The fourth-order valence-corrected chi connectivity index (χ4v) is 2.85. The van der Waals surface area contributed by atoms with E-state index in [1.807, 2.05) is 25.1 Å². The largest absolute Gasteiger partial charge is 0.493 e. The minimum atomic E-state index is -0.319. The van der Waals surface area contributed by atoms with Crippen LogP contribution in [0.2, 0.25) is 0 Å². The number of carbonyl (C=O) groups excluding carboxylic acids is 1. The van der Waals surface area contributed by atoms with E-state index >= 15 is 0 Å². The molecule has 1 aliphatic carbocycles. The van der Waals surface area contributed by atoms with Crippen molar-refractivity contribution in [3.8, 4) is 5.75 Å². The number of amides is 1. The Morgan fingerprint density at radius 2 is 2.32 bits per heavy atom. The third kappa shape index (κ3) is 2.32. The quantitative estimate of drug-likeness (QED) is 0.865.